The molecule has 2 rings (SSSR count). The van der Waals surface area contributed by atoms with Crippen molar-refractivity contribution < 1.29 is 22.4 Å². The summed E-state index contributed by atoms with van der Waals surface area (Å²) < 4.78 is 52.7. The highest BCUT2D eigenvalue weighted by Gasteiger charge is 2.63. The van der Waals surface area contributed by atoms with E-state index in [-0.39, 0.29) is 6.07 Å². The average molecular weight is 286 g/mol. The highest BCUT2D eigenvalue weighted by atomic mass is 19.2. The zero-order valence-electron chi connectivity index (χ0n) is 10.7. The van der Waals surface area contributed by atoms with E-state index in [4.69, 9.17) is 5.26 Å². The van der Waals surface area contributed by atoms with Gasteiger partial charge in [-0.05, 0) is 6.42 Å². The van der Waals surface area contributed by atoms with Gasteiger partial charge >= 0.3 is 0 Å². The van der Waals surface area contributed by atoms with Crippen molar-refractivity contribution in [3.8, 4) is 6.07 Å². The fraction of sp³-hybridized carbons (Fsp3) is 0.385. The number of carbonyl (C=O) groups is 1. The molecule has 1 aliphatic carbocycles. The number of nitrogens with zero attached hydrogens (tertiary/aromatic N) is 1. The van der Waals surface area contributed by atoms with Crippen LogP contribution in [-0.2, 0) is 0 Å². The van der Waals surface area contributed by atoms with Crippen LogP contribution in [0, 0.1) is 40.0 Å². The van der Waals surface area contributed by atoms with Gasteiger partial charge in [0.15, 0.2) is 17.5 Å². The standard InChI is InChI=1S/C13H10F4N2O/c1-12(2)4-13(12,5-18)19-11(20)8-6(14)3-7(15)9(16)10(8)17/h3H,4H2,1-2H3,(H,19,20). The summed E-state index contributed by atoms with van der Waals surface area (Å²) in [4.78, 5) is 11.8. The van der Waals surface area contributed by atoms with Crippen LogP contribution >= 0.6 is 0 Å². The second-order valence-corrected chi connectivity index (χ2v) is 5.38. The van der Waals surface area contributed by atoms with Gasteiger partial charge < -0.3 is 5.32 Å². The Hall–Kier alpha value is -2.10. The van der Waals surface area contributed by atoms with Gasteiger partial charge in [-0.1, -0.05) is 13.8 Å². The molecule has 1 atom stereocenters. The van der Waals surface area contributed by atoms with Crippen LogP contribution in [-0.4, -0.2) is 11.4 Å². The van der Waals surface area contributed by atoms with E-state index in [0.29, 0.717) is 6.42 Å². The highest BCUT2D eigenvalue weighted by Crippen LogP contribution is 2.55. The van der Waals surface area contributed by atoms with Gasteiger partial charge in [-0.3, -0.25) is 4.79 Å². The Morgan fingerprint density at radius 2 is 1.80 bits per heavy atom. The molecule has 0 bridgehead atoms. The number of hydrogen-bond acceptors (Lipinski definition) is 2. The summed E-state index contributed by atoms with van der Waals surface area (Å²) in [6, 6.07) is 1.95. The number of rotatable bonds is 2. The number of hydrogen-bond donors (Lipinski definition) is 1. The maximum Gasteiger partial charge on any atom is 0.258 e. The smallest absolute Gasteiger partial charge is 0.258 e. The molecule has 106 valence electrons. The lowest BCUT2D eigenvalue weighted by Gasteiger charge is -2.15. The van der Waals surface area contributed by atoms with Gasteiger partial charge in [0.2, 0.25) is 0 Å². The van der Waals surface area contributed by atoms with E-state index in [1.807, 2.05) is 6.07 Å². The van der Waals surface area contributed by atoms with E-state index < -0.39 is 45.7 Å². The molecule has 0 spiro atoms. The number of amides is 1. The summed E-state index contributed by atoms with van der Waals surface area (Å²) >= 11 is 0. The number of carbonyl (C=O) groups excluding carboxylic acids is 1. The van der Waals surface area contributed by atoms with Crippen LogP contribution in [0.2, 0.25) is 0 Å². The third-order valence-corrected chi connectivity index (χ3v) is 3.60. The van der Waals surface area contributed by atoms with Gasteiger partial charge in [-0.2, -0.15) is 5.26 Å². The molecular formula is C13H10F4N2O. The van der Waals surface area contributed by atoms with Crippen molar-refractivity contribution in [2.75, 3.05) is 0 Å². The van der Waals surface area contributed by atoms with Crippen molar-refractivity contribution in [2.45, 2.75) is 25.8 Å². The predicted octanol–water partition coefficient (Wildman–Crippen LogP) is 2.67. The van der Waals surface area contributed by atoms with E-state index in [1.165, 1.54) is 0 Å². The average Bonchev–Trinajstić information content (AvgIpc) is 2.88. The summed E-state index contributed by atoms with van der Waals surface area (Å²) in [5.41, 5.74) is -3.04. The van der Waals surface area contributed by atoms with E-state index in [0.717, 1.165) is 0 Å². The van der Waals surface area contributed by atoms with Crippen LogP contribution in [0.5, 0.6) is 0 Å². The van der Waals surface area contributed by atoms with Gasteiger partial charge in [-0.15, -0.1) is 0 Å². The number of nitrogens with one attached hydrogen (secondary N) is 1. The van der Waals surface area contributed by atoms with Gasteiger partial charge in [0.25, 0.3) is 5.91 Å². The van der Waals surface area contributed by atoms with E-state index in [9.17, 15) is 22.4 Å². The van der Waals surface area contributed by atoms with Crippen LogP contribution in [0.15, 0.2) is 6.07 Å². The minimum atomic E-state index is -1.93. The van der Waals surface area contributed by atoms with Crippen LogP contribution in [0.25, 0.3) is 0 Å². The molecule has 1 aromatic rings. The third-order valence-electron chi connectivity index (χ3n) is 3.60. The first-order chi connectivity index (χ1) is 9.15. The Kier molecular flexibility index (Phi) is 3.00. The van der Waals surface area contributed by atoms with Crippen molar-refractivity contribution >= 4 is 5.91 Å². The van der Waals surface area contributed by atoms with Crippen molar-refractivity contribution in [3.63, 3.8) is 0 Å². The molecule has 1 aliphatic rings. The first-order valence-electron chi connectivity index (χ1n) is 5.72. The van der Waals surface area contributed by atoms with Crippen LogP contribution in [0.4, 0.5) is 17.6 Å². The summed E-state index contributed by atoms with van der Waals surface area (Å²) in [7, 11) is 0. The number of halogens is 4. The zero-order valence-corrected chi connectivity index (χ0v) is 10.7. The number of benzene rings is 1. The zero-order chi connectivity index (χ0) is 15.3. The molecule has 1 N–H and O–H groups in total. The molecule has 1 fully saturated rings. The van der Waals surface area contributed by atoms with Crippen LogP contribution < -0.4 is 5.32 Å². The molecule has 0 heterocycles. The van der Waals surface area contributed by atoms with Gasteiger partial charge in [0, 0.05) is 11.5 Å². The lowest BCUT2D eigenvalue weighted by atomic mass is 10.0. The summed E-state index contributed by atoms with van der Waals surface area (Å²) in [5, 5.41) is 11.2. The largest absolute Gasteiger partial charge is 0.333 e. The molecule has 0 aliphatic heterocycles. The summed E-state index contributed by atoms with van der Waals surface area (Å²) in [6.07, 6.45) is 0.301. The minimum absolute atomic E-state index is 0.0877. The van der Waals surface area contributed by atoms with Gasteiger partial charge in [-0.25, -0.2) is 17.6 Å². The molecule has 7 heteroatoms. The Balaban J connectivity index is 2.38. The quantitative estimate of drug-likeness (QED) is 0.516. The highest BCUT2D eigenvalue weighted by molar-refractivity contribution is 5.96. The molecule has 0 aromatic heterocycles. The van der Waals surface area contributed by atoms with E-state index >= 15 is 0 Å². The monoisotopic (exact) mass is 286 g/mol. The van der Waals surface area contributed by atoms with Crippen molar-refractivity contribution in [1.82, 2.24) is 5.32 Å². The number of nitriles is 1. The van der Waals surface area contributed by atoms with Gasteiger partial charge in [0.05, 0.1) is 6.07 Å². The molecule has 1 aromatic carbocycles. The Morgan fingerprint density at radius 3 is 2.25 bits per heavy atom. The topological polar surface area (TPSA) is 52.9 Å². The van der Waals surface area contributed by atoms with E-state index in [1.54, 1.807) is 13.8 Å². The van der Waals surface area contributed by atoms with Crippen molar-refractivity contribution in [3.05, 3.63) is 34.9 Å². The van der Waals surface area contributed by atoms with Gasteiger partial charge in [0.1, 0.15) is 16.9 Å². The molecule has 1 unspecified atom stereocenters. The lowest BCUT2D eigenvalue weighted by Crippen LogP contribution is -2.40. The minimum Gasteiger partial charge on any atom is -0.333 e. The Labute approximate surface area is 112 Å². The second-order valence-electron chi connectivity index (χ2n) is 5.38. The summed E-state index contributed by atoms with van der Waals surface area (Å²) in [5.74, 6) is -8.38. The first kappa shape index (κ1) is 14.3. The maximum atomic E-state index is 13.5. The second kappa shape index (κ2) is 4.20. The molecule has 0 radical (unpaired) electrons. The van der Waals surface area contributed by atoms with E-state index in [2.05, 4.69) is 5.32 Å². The predicted molar refractivity (Wildman–Crippen MR) is 60.5 cm³/mol. The molecule has 20 heavy (non-hydrogen) atoms. The SMILES string of the molecule is CC1(C)CC1(C#N)NC(=O)c1c(F)cc(F)c(F)c1F. The normalized spacial score (nSPS) is 23.1. The molecule has 1 amide bonds. The molecule has 0 saturated heterocycles. The Bertz CT molecular complexity index is 651. The maximum absolute atomic E-state index is 13.5. The van der Waals surface area contributed by atoms with Crippen LogP contribution in [0.1, 0.15) is 30.6 Å². The molecule has 3 nitrogen and oxygen atoms in total. The summed E-state index contributed by atoms with van der Waals surface area (Å²) in [6.45, 7) is 3.38. The fourth-order valence-electron chi connectivity index (χ4n) is 2.08. The first-order valence-corrected chi connectivity index (χ1v) is 5.72. The Morgan fingerprint density at radius 1 is 1.25 bits per heavy atom. The third kappa shape index (κ3) is 1.92. The van der Waals surface area contributed by atoms with Crippen molar-refractivity contribution in [2.24, 2.45) is 5.41 Å². The van der Waals surface area contributed by atoms with Crippen molar-refractivity contribution in [1.29, 1.82) is 5.26 Å². The fourth-order valence-corrected chi connectivity index (χ4v) is 2.08. The molecular weight excluding hydrogens is 276 g/mol. The van der Waals surface area contributed by atoms with Crippen LogP contribution in [0.3, 0.4) is 0 Å². The lowest BCUT2D eigenvalue weighted by molar-refractivity contribution is 0.0924. The molecule has 1 saturated carbocycles.